The van der Waals surface area contributed by atoms with Gasteiger partial charge in [-0.15, -0.1) is 0 Å². The molecule has 2 N–H and O–H groups in total. The normalized spacial score (nSPS) is 31.5. The minimum atomic E-state index is -3.81. The van der Waals surface area contributed by atoms with Gasteiger partial charge < -0.3 is 19.7 Å². The minimum absolute atomic E-state index is 0.123. The number of benzene rings is 1. The quantitative estimate of drug-likeness (QED) is 0.458. The number of carbonyl (C=O) groups is 3. The van der Waals surface area contributed by atoms with E-state index in [1.807, 2.05) is 36.4 Å². The minimum Gasteiger partial charge on any atom is -0.497 e. The molecular weight excluding hydrogens is 596 g/mol. The second-order valence-electron chi connectivity index (χ2n) is 13.3. The molecule has 1 aromatic carbocycles. The monoisotopic (exact) mass is 638 g/mol. The molecule has 12 heteroatoms. The summed E-state index contributed by atoms with van der Waals surface area (Å²) in [5, 5.41) is 4.00. The maximum atomic E-state index is 14.0. The number of hydrogen-bond donors (Lipinski definition) is 2. The van der Waals surface area contributed by atoms with E-state index in [0.717, 1.165) is 30.0 Å². The van der Waals surface area contributed by atoms with Gasteiger partial charge >= 0.3 is 0 Å². The number of pyridine rings is 1. The van der Waals surface area contributed by atoms with E-state index >= 15 is 0 Å². The molecule has 0 unspecified atom stereocenters. The van der Waals surface area contributed by atoms with E-state index in [1.165, 1.54) is 0 Å². The first-order chi connectivity index (χ1) is 21.5. The zero-order valence-corrected chi connectivity index (χ0v) is 26.8. The Morgan fingerprint density at radius 1 is 1.11 bits per heavy atom. The maximum Gasteiger partial charge on any atom is 0.259 e. The summed E-state index contributed by atoms with van der Waals surface area (Å²) in [5.74, 6) is -0.0901. The van der Waals surface area contributed by atoms with E-state index < -0.39 is 44.8 Å². The van der Waals surface area contributed by atoms with Crippen LogP contribution >= 0.6 is 0 Å². The Labute approximate surface area is 264 Å². The summed E-state index contributed by atoms with van der Waals surface area (Å²) in [6.45, 7) is 4.42. The molecule has 0 bridgehead atoms. The Bertz CT molecular complexity index is 1620. The van der Waals surface area contributed by atoms with Crippen molar-refractivity contribution in [2.75, 3.05) is 13.7 Å². The third kappa shape index (κ3) is 6.66. The summed E-state index contributed by atoms with van der Waals surface area (Å²) < 4.78 is 39.3. The van der Waals surface area contributed by atoms with Crippen LogP contribution in [0.25, 0.3) is 10.8 Å². The van der Waals surface area contributed by atoms with Crippen molar-refractivity contribution in [2.45, 2.75) is 88.1 Å². The van der Waals surface area contributed by atoms with Gasteiger partial charge in [0.2, 0.25) is 27.7 Å². The van der Waals surface area contributed by atoms with E-state index in [2.05, 4.69) is 28.9 Å². The number of carbonyl (C=O) groups excluding carboxylic acids is 3. The number of rotatable bonds is 6. The van der Waals surface area contributed by atoms with Crippen molar-refractivity contribution >= 4 is 38.5 Å². The number of aromatic nitrogens is 1. The molecule has 6 atom stereocenters. The predicted molar refractivity (Wildman–Crippen MR) is 168 cm³/mol. The van der Waals surface area contributed by atoms with Crippen LogP contribution in [0.15, 0.2) is 42.6 Å². The van der Waals surface area contributed by atoms with Crippen LogP contribution in [0.2, 0.25) is 0 Å². The second kappa shape index (κ2) is 12.3. The topological polar surface area (TPSA) is 144 Å². The summed E-state index contributed by atoms with van der Waals surface area (Å²) >= 11 is 0. The summed E-state index contributed by atoms with van der Waals surface area (Å²) in [6, 6.07) is 6.54. The standard InChI is InChI=1S/C33H42N4O7S/c1-20-6-4-5-7-23-18-33(23,32(40)36-45(41,42)26-9-10-26)35-30(39)28-17-25(19-37(28)29(38)15-21(2)14-20)44-31-27-11-8-24(43-3)16-22(27)12-13-34-31/h5,7-8,11-13,16,20-21,23,25-26,28H,4,6,9-10,14-15,17-19H2,1-3H3,(H,35,39)(H,36,40)/b7-5-/t20-,21-,23-,25-,28+,33-/m1/s1. The lowest BCUT2D eigenvalue weighted by atomic mass is 9.91. The number of allylic oxidation sites excluding steroid dienone is 1. The molecule has 3 heterocycles. The van der Waals surface area contributed by atoms with Crippen LogP contribution in [0.3, 0.4) is 0 Å². The maximum absolute atomic E-state index is 14.0. The molecule has 2 saturated carbocycles. The van der Waals surface area contributed by atoms with Gasteiger partial charge in [-0.3, -0.25) is 19.1 Å². The molecule has 1 saturated heterocycles. The van der Waals surface area contributed by atoms with Crippen LogP contribution in [0.5, 0.6) is 11.6 Å². The Morgan fingerprint density at radius 3 is 2.67 bits per heavy atom. The fourth-order valence-electron chi connectivity index (χ4n) is 6.83. The lowest BCUT2D eigenvalue weighted by molar-refractivity contribution is -0.140. The Kier molecular flexibility index (Phi) is 8.53. The van der Waals surface area contributed by atoms with E-state index in [-0.39, 0.29) is 43.6 Å². The summed E-state index contributed by atoms with van der Waals surface area (Å²) in [5.41, 5.74) is -1.39. The number of amides is 3. The largest absolute Gasteiger partial charge is 0.497 e. The van der Waals surface area contributed by atoms with E-state index in [9.17, 15) is 22.8 Å². The van der Waals surface area contributed by atoms with E-state index in [0.29, 0.717) is 30.4 Å². The van der Waals surface area contributed by atoms with Gasteiger partial charge in [0.25, 0.3) is 5.91 Å². The number of nitrogens with zero attached hydrogens (tertiary/aromatic N) is 2. The highest BCUT2D eigenvalue weighted by molar-refractivity contribution is 7.91. The SMILES string of the molecule is COc1ccc2c(O[C@@H]3C[C@H]4C(=O)N[C@]5(C(=O)NS(=O)(=O)C6CC6)C[C@H]5/C=C\CC[C@@H](C)C[C@@H](C)CC(=O)N4C3)nccc2c1. The van der Waals surface area contributed by atoms with Gasteiger partial charge in [-0.25, -0.2) is 13.4 Å². The van der Waals surface area contributed by atoms with Crippen molar-refractivity contribution in [1.29, 1.82) is 0 Å². The molecule has 4 aliphatic rings. The zero-order chi connectivity index (χ0) is 31.9. The average molecular weight is 639 g/mol. The number of ether oxygens (including phenoxy) is 2. The molecule has 3 amide bonds. The van der Waals surface area contributed by atoms with Crippen molar-refractivity contribution < 1.29 is 32.3 Å². The average Bonchev–Trinajstić information content (AvgIpc) is 3.92. The first-order valence-electron chi connectivity index (χ1n) is 15.9. The first kappa shape index (κ1) is 31.3. The molecule has 1 aromatic heterocycles. The Morgan fingerprint density at radius 2 is 1.91 bits per heavy atom. The van der Waals surface area contributed by atoms with Gasteiger partial charge in [0.05, 0.1) is 18.9 Å². The van der Waals surface area contributed by atoms with Crippen LogP contribution in [0.1, 0.15) is 65.2 Å². The van der Waals surface area contributed by atoms with E-state index in [1.54, 1.807) is 18.2 Å². The predicted octanol–water partition coefficient (Wildman–Crippen LogP) is 3.48. The fraction of sp³-hybridized carbons (Fsp3) is 0.576. The Hall–Kier alpha value is -3.67. The van der Waals surface area contributed by atoms with Crippen LogP contribution in [0.4, 0.5) is 0 Å². The van der Waals surface area contributed by atoms with Gasteiger partial charge in [0.15, 0.2) is 0 Å². The number of sulfonamides is 1. The van der Waals surface area contributed by atoms with Crippen molar-refractivity contribution in [3.63, 3.8) is 0 Å². The number of nitrogens with one attached hydrogen (secondary N) is 2. The first-order valence-corrected chi connectivity index (χ1v) is 17.5. The van der Waals surface area contributed by atoms with Crippen molar-refractivity contribution in [2.24, 2.45) is 17.8 Å². The fourth-order valence-corrected chi connectivity index (χ4v) is 8.19. The molecule has 242 valence electrons. The summed E-state index contributed by atoms with van der Waals surface area (Å²) in [6.07, 6.45) is 9.48. The molecule has 2 aliphatic heterocycles. The number of methoxy groups -OCH3 is 1. The van der Waals surface area contributed by atoms with Gasteiger partial charge in [0, 0.05) is 30.3 Å². The second-order valence-corrected chi connectivity index (χ2v) is 15.3. The molecule has 2 aliphatic carbocycles. The smallest absolute Gasteiger partial charge is 0.259 e. The van der Waals surface area contributed by atoms with Crippen molar-refractivity contribution in [1.82, 2.24) is 19.9 Å². The number of fused-ring (bicyclic) bond motifs is 3. The Balaban J connectivity index is 1.27. The van der Waals surface area contributed by atoms with Gasteiger partial charge in [-0.05, 0) is 80.0 Å². The molecule has 6 rings (SSSR count). The zero-order valence-electron chi connectivity index (χ0n) is 26.0. The molecule has 11 nitrogen and oxygen atoms in total. The van der Waals surface area contributed by atoms with Crippen molar-refractivity contribution in [3.05, 3.63) is 42.6 Å². The summed E-state index contributed by atoms with van der Waals surface area (Å²) in [4.78, 5) is 47.3. The van der Waals surface area contributed by atoms with E-state index in [4.69, 9.17) is 9.47 Å². The third-order valence-electron chi connectivity index (χ3n) is 9.59. The molecule has 45 heavy (non-hydrogen) atoms. The molecule has 3 fully saturated rings. The van der Waals surface area contributed by atoms with Crippen LogP contribution in [0, 0.1) is 17.8 Å². The van der Waals surface area contributed by atoms with Crippen LogP contribution in [-0.2, 0) is 24.4 Å². The highest BCUT2D eigenvalue weighted by atomic mass is 32.2. The molecule has 0 radical (unpaired) electrons. The van der Waals surface area contributed by atoms with Crippen LogP contribution in [-0.4, -0.2) is 72.6 Å². The van der Waals surface area contributed by atoms with Gasteiger partial charge in [-0.2, -0.15) is 0 Å². The van der Waals surface area contributed by atoms with Gasteiger partial charge in [-0.1, -0.05) is 26.0 Å². The lowest BCUT2D eigenvalue weighted by Gasteiger charge is -2.27. The third-order valence-corrected chi connectivity index (χ3v) is 11.4. The highest BCUT2D eigenvalue weighted by Crippen LogP contribution is 2.46. The van der Waals surface area contributed by atoms with Crippen molar-refractivity contribution in [3.8, 4) is 11.6 Å². The molecule has 0 spiro atoms. The molecular formula is C33H42N4O7S. The van der Waals surface area contributed by atoms with Gasteiger partial charge in [0.1, 0.15) is 23.4 Å². The molecule has 2 aromatic rings. The lowest BCUT2D eigenvalue weighted by Crippen LogP contribution is -2.56. The highest BCUT2D eigenvalue weighted by Gasteiger charge is 2.62. The summed E-state index contributed by atoms with van der Waals surface area (Å²) in [7, 11) is -2.21. The van der Waals surface area contributed by atoms with Crippen LogP contribution < -0.4 is 19.5 Å². The number of hydrogen-bond acceptors (Lipinski definition) is 8.